The van der Waals surface area contributed by atoms with Crippen LogP contribution in [0.5, 0.6) is 0 Å². The molecule has 0 nitrogen and oxygen atoms in total. The molecule has 3 heteroatoms. The van der Waals surface area contributed by atoms with Crippen LogP contribution in [-0.4, -0.2) is 0 Å². The molecule has 1 saturated carbocycles. The van der Waals surface area contributed by atoms with E-state index in [2.05, 4.69) is 6.92 Å². The number of rotatable bonds is 3. The Hall–Kier alpha value is -0.990. The smallest absolute Gasteiger partial charge is 0.194 e. The first-order valence-corrected chi connectivity index (χ1v) is 6.53. The molecule has 1 radical (unpaired) electrons. The van der Waals surface area contributed by atoms with Crippen molar-refractivity contribution in [1.82, 2.24) is 0 Å². The Morgan fingerprint density at radius 3 is 2.11 bits per heavy atom. The highest BCUT2D eigenvalue weighted by molar-refractivity contribution is 5.20. The largest absolute Gasteiger partial charge is 0.204 e. The Balaban J connectivity index is 1.90. The third-order valence-electron chi connectivity index (χ3n) is 3.79. The van der Waals surface area contributed by atoms with Gasteiger partial charge in [0.05, 0.1) is 0 Å². The van der Waals surface area contributed by atoms with E-state index in [-0.39, 0.29) is 0 Å². The second-order valence-corrected chi connectivity index (χ2v) is 5.31. The molecule has 1 aliphatic carbocycles. The van der Waals surface area contributed by atoms with Gasteiger partial charge in [-0.2, -0.15) is 0 Å². The van der Waals surface area contributed by atoms with E-state index in [9.17, 15) is 13.2 Å². The van der Waals surface area contributed by atoms with E-state index >= 15 is 0 Å². The van der Waals surface area contributed by atoms with Gasteiger partial charge in [0, 0.05) is 0 Å². The second-order valence-electron chi connectivity index (χ2n) is 5.31. The summed E-state index contributed by atoms with van der Waals surface area (Å²) in [5.41, 5.74) is 0.539. The van der Waals surface area contributed by atoms with Crippen molar-refractivity contribution in [2.24, 2.45) is 5.92 Å². The third-order valence-corrected chi connectivity index (χ3v) is 3.79. The summed E-state index contributed by atoms with van der Waals surface area (Å²) in [4.78, 5) is 0. The van der Waals surface area contributed by atoms with E-state index in [1.165, 1.54) is 18.8 Å². The lowest BCUT2D eigenvalue weighted by atomic mass is 9.80. The quantitative estimate of drug-likeness (QED) is 0.679. The van der Waals surface area contributed by atoms with Crippen molar-refractivity contribution in [1.29, 1.82) is 0 Å². The van der Waals surface area contributed by atoms with Gasteiger partial charge in [-0.1, -0.05) is 19.8 Å². The summed E-state index contributed by atoms with van der Waals surface area (Å²) in [5.74, 6) is -1.30. The van der Waals surface area contributed by atoms with Gasteiger partial charge in [0.1, 0.15) is 0 Å². The Morgan fingerprint density at radius 1 is 1.00 bits per heavy atom. The minimum Gasteiger partial charge on any atom is -0.204 e. The second kappa shape index (κ2) is 5.77. The van der Waals surface area contributed by atoms with Crippen LogP contribution in [0, 0.1) is 29.3 Å². The fourth-order valence-corrected chi connectivity index (χ4v) is 2.49. The highest BCUT2D eigenvalue weighted by Crippen LogP contribution is 2.32. The van der Waals surface area contributed by atoms with Gasteiger partial charge in [-0.25, -0.2) is 13.2 Å². The molecule has 0 bridgehead atoms. The average molecular weight is 255 g/mol. The molecule has 1 aromatic carbocycles. The van der Waals surface area contributed by atoms with Crippen molar-refractivity contribution in [3.8, 4) is 0 Å². The molecular formula is C15H18F3. The fourth-order valence-electron chi connectivity index (χ4n) is 2.49. The topological polar surface area (TPSA) is 0 Å². The van der Waals surface area contributed by atoms with Gasteiger partial charge >= 0.3 is 0 Å². The maximum absolute atomic E-state index is 13.0. The molecular weight excluding hydrogens is 237 g/mol. The molecule has 0 aromatic heterocycles. The minimum absolute atomic E-state index is 0.539. The Morgan fingerprint density at radius 2 is 1.56 bits per heavy atom. The van der Waals surface area contributed by atoms with Crippen molar-refractivity contribution < 1.29 is 13.2 Å². The minimum atomic E-state index is -1.38. The van der Waals surface area contributed by atoms with E-state index in [1.54, 1.807) is 0 Å². The number of hydrogen-bond acceptors (Lipinski definition) is 0. The number of benzene rings is 1. The molecule has 18 heavy (non-hydrogen) atoms. The van der Waals surface area contributed by atoms with Crippen molar-refractivity contribution in [3.63, 3.8) is 0 Å². The average Bonchev–Trinajstić information content (AvgIpc) is 2.35. The van der Waals surface area contributed by atoms with Gasteiger partial charge in [0.25, 0.3) is 0 Å². The molecule has 0 heterocycles. The zero-order chi connectivity index (χ0) is 13.1. The molecule has 0 spiro atoms. The molecule has 0 N–H and O–H groups in total. The van der Waals surface area contributed by atoms with Gasteiger partial charge in [0.15, 0.2) is 17.5 Å². The molecule has 1 aromatic rings. The van der Waals surface area contributed by atoms with Gasteiger partial charge in [-0.05, 0) is 55.2 Å². The maximum atomic E-state index is 13.0. The summed E-state index contributed by atoms with van der Waals surface area (Å²) in [6.45, 7) is 2.25. The molecule has 1 fully saturated rings. The molecule has 0 amide bonds. The van der Waals surface area contributed by atoms with Gasteiger partial charge in [0.2, 0.25) is 0 Å². The van der Waals surface area contributed by atoms with Crippen LogP contribution < -0.4 is 0 Å². The lowest BCUT2D eigenvalue weighted by Crippen LogP contribution is -2.11. The highest BCUT2D eigenvalue weighted by Gasteiger charge is 2.19. The number of aryl methyl sites for hydroxylation is 1. The first kappa shape index (κ1) is 13.4. The summed E-state index contributed by atoms with van der Waals surface area (Å²) in [6, 6.07) is 2.20. The summed E-state index contributed by atoms with van der Waals surface area (Å²) in [7, 11) is 0. The summed E-state index contributed by atoms with van der Waals surface area (Å²) >= 11 is 0. The standard InChI is InChI=1S/C15H18F3/c1-10-2-4-11(5-3-10)6-7-12-8-13(16)15(18)14(17)9-12/h8-10H,2-7H2,1H3. The Bertz CT molecular complexity index is 383. The monoisotopic (exact) mass is 255 g/mol. The van der Waals surface area contributed by atoms with Crippen molar-refractivity contribution in [3.05, 3.63) is 41.1 Å². The van der Waals surface area contributed by atoms with Crippen LogP contribution in [0.15, 0.2) is 12.1 Å². The van der Waals surface area contributed by atoms with Gasteiger partial charge in [-0.15, -0.1) is 0 Å². The van der Waals surface area contributed by atoms with Crippen LogP contribution in [0.25, 0.3) is 0 Å². The molecule has 0 saturated heterocycles. The van der Waals surface area contributed by atoms with Crippen LogP contribution in [0.3, 0.4) is 0 Å². The number of halogens is 3. The molecule has 0 aliphatic heterocycles. The van der Waals surface area contributed by atoms with E-state index < -0.39 is 17.5 Å². The van der Waals surface area contributed by atoms with Crippen LogP contribution in [-0.2, 0) is 6.42 Å². The zero-order valence-corrected chi connectivity index (χ0v) is 10.6. The lowest BCUT2D eigenvalue weighted by Gasteiger charge is -2.25. The van der Waals surface area contributed by atoms with Gasteiger partial charge < -0.3 is 0 Å². The Kier molecular flexibility index (Phi) is 4.31. The van der Waals surface area contributed by atoms with Crippen LogP contribution in [0.1, 0.15) is 44.6 Å². The van der Waals surface area contributed by atoms with E-state index in [1.807, 2.05) is 0 Å². The van der Waals surface area contributed by atoms with Crippen LogP contribution in [0.4, 0.5) is 13.2 Å². The Labute approximate surface area is 106 Å². The maximum Gasteiger partial charge on any atom is 0.194 e. The first-order valence-electron chi connectivity index (χ1n) is 6.53. The predicted molar refractivity (Wildman–Crippen MR) is 65.5 cm³/mol. The van der Waals surface area contributed by atoms with Crippen molar-refractivity contribution in [2.75, 3.05) is 0 Å². The highest BCUT2D eigenvalue weighted by atomic mass is 19.2. The molecule has 0 atom stereocenters. The first-order chi connectivity index (χ1) is 8.56. The van der Waals surface area contributed by atoms with Crippen molar-refractivity contribution in [2.45, 2.75) is 45.4 Å². The molecule has 0 unspecified atom stereocenters. The summed E-state index contributed by atoms with van der Waals surface area (Å²) in [5, 5.41) is 0. The predicted octanol–water partition coefficient (Wildman–Crippen LogP) is 4.82. The molecule has 99 valence electrons. The van der Waals surface area contributed by atoms with Crippen LogP contribution in [0.2, 0.25) is 0 Å². The fraction of sp³-hybridized carbons (Fsp3) is 0.533. The normalized spacial score (nSPS) is 18.2. The van der Waals surface area contributed by atoms with E-state index in [0.717, 1.165) is 37.3 Å². The van der Waals surface area contributed by atoms with Crippen LogP contribution >= 0.6 is 0 Å². The van der Waals surface area contributed by atoms with E-state index in [4.69, 9.17) is 0 Å². The van der Waals surface area contributed by atoms with Crippen molar-refractivity contribution >= 4 is 0 Å². The third kappa shape index (κ3) is 3.27. The summed E-state index contributed by atoms with van der Waals surface area (Å²) in [6.07, 6.45) is 6.11. The summed E-state index contributed by atoms with van der Waals surface area (Å²) < 4.78 is 38.9. The SMILES string of the molecule is CC1CC[C](CCc2cc(F)c(F)c(F)c2)CC1. The molecule has 1 aliphatic rings. The zero-order valence-electron chi connectivity index (χ0n) is 10.6. The number of hydrogen-bond donors (Lipinski definition) is 0. The lowest BCUT2D eigenvalue weighted by molar-refractivity contribution is 0.393. The molecule has 2 rings (SSSR count). The van der Waals surface area contributed by atoms with E-state index in [0.29, 0.717) is 12.0 Å². The van der Waals surface area contributed by atoms with Gasteiger partial charge in [-0.3, -0.25) is 0 Å².